The third-order valence-electron chi connectivity index (χ3n) is 5.43. The highest BCUT2D eigenvalue weighted by molar-refractivity contribution is 5.91. The second-order valence-electron chi connectivity index (χ2n) is 8.16. The van der Waals surface area contributed by atoms with Gasteiger partial charge in [0.05, 0.1) is 21.5 Å². The molecule has 0 aliphatic heterocycles. The van der Waals surface area contributed by atoms with E-state index in [0.29, 0.717) is 24.5 Å². The molecule has 32 heavy (non-hydrogen) atoms. The maximum atomic E-state index is 12.8. The second kappa shape index (κ2) is 9.63. The van der Waals surface area contributed by atoms with E-state index in [1.54, 1.807) is 0 Å². The smallest absolute Gasteiger partial charge is 0.339 e. The van der Waals surface area contributed by atoms with Gasteiger partial charge in [-0.15, -0.1) is 0 Å². The molecule has 10 heteroatoms. The van der Waals surface area contributed by atoms with Gasteiger partial charge in [0.15, 0.2) is 0 Å². The predicted octanol–water partition coefficient (Wildman–Crippen LogP) is 4.36. The zero-order valence-electron chi connectivity index (χ0n) is 18.1. The van der Waals surface area contributed by atoms with Crippen molar-refractivity contribution in [2.24, 2.45) is 5.92 Å². The van der Waals surface area contributed by atoms with E-state index in [9.17, 15) is 25.0 Å². The van der Waals surface area contributed by atoms with Crippen molar-refractivity contribution in [1.29, 1.82) is 0 Å². The molecule has 2 aromatic carbocycles. The van der Waals surface area contributed by atoms with Crippen molar-refractivity contribution in [3.05, 3.63) is 68.3 Å². The molecule has 0 unspecified atom stereocenters. The third-order valence-corrected chi connectivity index (χ3v) is 5.43. The number of anilines is 1. The van der Waals surface area contributed by atoms with Crippen LogP contribution in [0.15, 0.2) is 42.5 Å². The highest BCUT2D eigenvalue weighted by Crippen LogP contribution is 2.32. The van der Waals surface area contributed by atoms with E-state index in [0.717, 1.165) is 30.3 Å². The van der Waals surface area contributed by atoms with Crippen molar-refractivity contribution in [3.63, 3.8) is 0 Å². The Morgan fingerprint density at radius 3 is 2.25 bits per heavy atom. The summed E-state index contributed by atoms with van der Waals surface area (Å²) in [7, 11) is 3.84. The van der Waals surface area contributed by atoms with Crippen LogP contribution in [0.5, 0.6) is 5.75 Å². The van der Waals surface area contributed by atoms with Crippen LogP contribution < -0.4 is 9.64 Å². The highest BCUT2D eigenvalue weighted by Gasteiger charge is 2.34. The van der Waals surface area contributed by atoms with Gasteiger partial charge in [-0.3, -0.25) is 20.2 Å². The Morgan fingerprint density at radius 2 is 1.66 bits per heavy atom. The topological polar surface area (TPSA) is 125 Å². The second-order valence-corrected chi connectivity index (χ2v) is 8.16. The summed E-state index contributed by atoms with van der Waals surface area (Å²) in [5.41, 5.74) is -0.366. The number of nitrogens with zero attached hydrogens (tertiary/aromatic N) is 3. The third kappa shape index (κ3) is 5.51. The van der Waals surface area contributed by atoms with Gasteiger partial charge in [-0.25, -0.2) is 4.79 Å². The van der Waals surface area contributed by atoms with Crippen LogP contribution in [-0.2, 0) is 4.74 Å². The molecule has 0 heterocycles. The van der Waals surface area contributed by atoms with Crippen molar-refractivity contribution in [3.8, 4) is 5.75 Å². The van der Waals surface area contributed by atoms with E-state index in [-0.39, 0.29) is 5.56 Å². The number of non-ortho nitro benzene ring substituents is 2. The summed E-state index contributed by atoms with van der Waals surface area (Å²) in [6.07, 6.45) is 1.13. The van der Waals surface area contributed by atoms with Crippen molar-refractivity contribution in [1.82, 2.24) is 0 Å². The number of benzene rings is 2. The van der Waals surface area contributed by atoms with Gasteiger partial charge in [-0.2, -0.15) is 0 Å². The average molecular weight is 443 g/mol. The highest BCUT2D eigenvalue weighted by atomic mass is 16.6. The monoisotopic (exact) mass is 443 g/mol. The first-order valence-corrected chi connectivity index (χ1v) is 10.2. The minimum absolute atomic E-state index is 0.238. The lowest BCUT2D eigenvalue weighted by Gasteiger charge is -2.34. The van der Waals surface area contributed by atoms with Crippen LogP contribution in [0.1, 0.15) is 36.5 Å². The molecule has 0 radical (unpaired) electrons. The molecule has 3 rings (SSSR count). The molecule has 2 aromatic rings. The average Bonchev–Trinajstić information content (AvgIpc) is 2.75. The van der Waals surface area contributed by atoms with Crippen LogP contribution in [0, 0.1) is 26.1 Å². The molecule has 0 saturated heterocycles. The Kier molecular flexibility index (Phi) is 6.92. The Hall–Kier alpha value is -3.69. The molecule has 1 aliphatic rings. The van der Waals surface area contributed by atoms with E-state index in [1.807, 2.05) is 50.2 Å². The minimum atomic E-state index is -0.855. The fraction of sp³-hybridized carbons (Fsp3) is 0.409. The molecule has 3 atom stereocenters. The molecule has 0 N–H and O–H groups in total. The number of hydrogen-bond acceptors (Lipinski definition) is 8. The summed E-state index contributed by atoms with van der Waals surface area (Å²) in [6, 6.07) is 10.3. The molecule has 170 valence electrons. The van der Waals surface area contributed by atoms with Crippen LogP contribution in [0.4, 0.5) is 17.1 Å². The number of nitro benzene ring substituents is 2. The number of carbonyl (C=O) groups is 1. The van der Waals surface area contributed by atoms with E-state index in [4.69, 9.17) is 9.47 Å². The predicted molar refractivity (Wildman–Crippen MR) is 117 cm³/mol. The van der Waals surface area contributed by atoms with Crippen molar-refractivity contribution in [2.75, 3.05) is 19.0 Å². The molecule has 0 aromatic heterocycles. The van der Waals surface area contributed by atoms with Gasteiger partial charge in [-0.05, 0) is 37.3 Å². The van der Waals surface area contributed by atoms with Crippen molar-refractivity contribution >= 4 is 23.0 Å². The quantitative estimate of drug-likeness (QED) is 0.351. The van der Waals surface area contributed by atoms with E-state index in [2.05, 4.69) is 0 Å². The van der Waals surface area contributed by atoms with Gasteiger partial charge in [0.2, 0.25) is 0 Å². The number of rotatable bonds is 7. The summed E-state index contributed by atoms with van der Waals surface area (Å²) < 4.78 is 11.8. The van der Waals surface area contributed by atoms with Crippen LogP contribution in [0.2, 0.25) is 0 Å². The molecule has 1 saturated carbocycles. The van der Waals surface area contributed by atoms with E-state index < -0.39 is 39.4 Å². The number of ether oxygens (including phenoxy) is 2. The first-order chi connectivity index (χ1) is 15.1. The standard InChI is InChI=1S/C22H25N3O7/c1-14-7-8-20(31-19-6-4-5-16(13-19)23(2)3)21(9-14)32-22(26)15-10-17(24(27)28)12-18(11-15)25(29)30/h4-6,10-14,20-21H,7-9H2,1-3H3/t14-,20+,21+/m0/s1. The molecule has 0 spiro atoms. The SMILES string of the molecule is C[C@H]1CC[C@@H](Oc2cccc(N(C)C)c2)[C@H](OC(=O)c2cc([N+](=O)[O-])cc([N+](=O)[O-])c2)C1. The zero-order valence-corrected chi connectivity index (χ0v) is 18.1. The zero-order chi connectivity index (χ0) is 23.4. The lowest BCUT2D eigenvalue weighted by atomic mass is 9.86. The fourth-order valence-corrected chi connectivity index (χ4v) is 3.70. The number of hydrogen-bond donors (Lipinski definition) is 0. The molecule has 10 nitrogen and oxygen atoms in total. The summed E-state index contributed by atoms with van der Waals surface area (Å²) in [5.74, 6) is 0.0783. The lowest BCUT2D eigenvalue weighted by Crippen LogP contribution is -2.40. The maximum Gasteiger partial charge on any atom is 0.339 e. The van der Waals surface area contributed by atoms with Gasteiger partial charge in [0, 0.05) is 38.0 Å². The van der Waals surface area contributed by atoms with Crippen molar-refractivity contribution in [2.45, 2.75) is 38.4 Å². The maximum absolute atomic E-state index is 12.8. The lowest BCUT2D eigenvalue weighted by molar-refractivity contribution is -0.394. The largest absolute Gasteiger partial charge is 0.486 e. The summed E-state index contributed by atoms with van der Waals surface area (Å²) >= 11 is 0. The Balaban J connectivity index is 1.81. The first kappa shape index (κ1) is 23.0. The minimum Gasteiger partial charge on any atom is -0.486 e. The van der Waals surface area contributed by atoms with Gasteiger partial charge in [0.1, 0.15) is 18.0 Å². The van der Waals surface area contributed by atoms with Crippen molar-refractivity contribution < 1.29 is 24.1 Å². The first-order valence-electron chi connectivity index (χ1n) is 10.2. The molecular weight excluding hydrogens is 418 g/mol. The Morgan fingerprint density at radius 1 is 1.00 bits per heavy atom. The molecule has 0 bridgehead atoms. The summed E-state index contributed by atoms with van der Waals surface area (Å²) in [4.78, 5) is 35.4. The van der Waals surface area contributed by atoms with Gasteiger partial charge in [0.25, 0.3) is 11.4 Å². The van der Waals surface area contributed by atoms with Crippen LogP contribution >= 0.6 is 0 Å². The summed E-state index contributed by atoms with van der Waals surface area (Å²) in [6.45, 7) is 2.04. The normalized spacial score (nSPS) is 20.3. The molecule has 1 aliphatic carbocycles. The van der Waals surface area contributed by atoms with Gasteiger partial charge < -0.3 is 14.4 Å². The van der Waals surface area contributed by atoms with E-state index >= 15 is 0 Å². The van der Waals surface area contributed by atoms with Gasteiger partial charge in [-0.1, -0.05) is 13.0 Å². The molecule has 0 amide bonds. The van der Waals surface area contributed by atoms with Crippen LogP contribution in [0.25, 0.3) is 0 Å². The number of carbonyl (C=O) groups excluding carboxylic acids is 1. The Bertz CT molecular complexity index is 992. The molecular formula is C22H25N3O7. The van der Waals surface area contributed by atoms with E-state index in [1.165, 1.54) is 0 Å². The fourth-order valence-electron chi connectivity index (χ4n) is 3.70. The van der Waals surface area contributed by atoms with Crippen LogP contribution in [-0.4, -0.2) is 42.1 Å². The summed E-state index contributed by atoms with van der Waals surface area (Å²) in [5, 5.41) is 22.2. The number of nitro groups is 2. The van der Waals surface area contributed by atoms with Gasteiger partial charge >= 0.3 is 5.97 Å². The molecule has 1 fully saturated rings. The van der Waals surface area contributed by atoms with Crippen LogP contribution in [0.3, 0.4) is 0 Å². The Labute approximate surface area is 185 Å². The number of esters is 1.